The molecule has 2 heterocycles. The van der Waals surface area contributed by atoms with E-state index >= 15 is 0 Å². The van der Waals surface area contributed by atoms with Crippen LogP contribution in [0.5, 0.6) is 0 Å². The molecule has 18 heavy (non-hydrogen) atoms. The smallest absolute Gasteiger partial charge is 0.139 e. The minimum absolute atomic E-state index is 0.615. The summed E-state index contributed by atoms with van der Waals surface area (Å²) in [7, 11) is 0. The van der Waals surface area contributed by atoms with Crippen LogP contribution in [0.25, 0.3) is 16.9 Å². The van der Waals surface area contributed by atoms with Crippen LogP contribution >= 0.6 is 27.5 Å². The Morgan fingerprint density at radius 3 is 2.78 bits per heavy atom. The Morgan fingerprint density at radius 1 is 1.22 bits per heavy atom. The summed E-state index contributed by atoms with van der Waals surface area (Å²) in [6.45, 7) is 0. The Bertz CT molecular complexity index is 736. The van der Waals surface area contributed by atoms with Crippen LogP contribution in [-0.2, 0) is 0 Å². The van der Waals surface area contributed by atoms with Gasteiger partial charge in [-0.1, -0.05) is 23.7 Å². The fourth-order valence-electron chi connectivity index (χ4n) is 1.87. The first-order chi connectivity index (χ1) is 8.66. The molecule has 3 aromatic rings. The minimum atomic E-state index is 0.615. The van der Waals surface area contributed by atoms with Gasteiger partial charge in [-0.3, -0.25) is 4.40 Å². The van der Waals surface area contributed by atoms with Gasteiger partial charge >= 0.3 is 0 Å². The van der Waals surface area contributed by atoms with E-state index in [-0.39, 0.29) is 0 Å². The zero-order valence-electron chi connectivity index (χ0n) is 9.27. The molecule has 0 bridgehead atoms. The number of imidazole rings is 1. The number of nitrogen functional groups attached to an aromatic ring is 1. The van der Waals surface area contributed by atoms with E-state index in [4.69, 9.17) is 17.3 Å². The van der Waals surface area contributed by atoms with Crippen LogP contribution in [0, 0.1) is 0 Å². The van der Waals surface area contributed by atoms with Gasteiger partial charge in [-0.05, 0) is 40.2 Å². The lowest BCUT2D eigenvalue weighted by atomic mass is 10.1. The lowest BCUT2D eigenvalue weighted by Gasteiger charge is -2.01. The van der Waals surface area contributed by atoms with Crippen molar-refractivity contribution in [3.05, 3.63) is 52.1 Å². The van der Waals surface area contributed by atoms with Crippen molar-refractivity contribution < 1.29 is 0 Å². The van der Waals surface area contributed by atoms with Crippen molar-refractivity contribution in [3.8, 4) is 11.3 Å². The summed E-state index contributed by atoms with van der Waals surface area (Å²) < 4.78 is 2.71. The summed E-state index contributed by atoms with van der Waals surface area (Å²) >= 11 is 9.46. The van der Waals surface area contributed by atoms with Crippen LogP contribution in [0.15, 0.2) is 47.1 Å². The Labute approximate surface area is 117 Å². The molecule has 90 valence electrons. The summed E-state index contributed by atoms with van der Waals surface area (Å²) in [5.41, 5.74) is 8.58. The number of nitrogens with zero attached hydrogens (tertiary/aromatic N) is 2. The van der Waals surface area contributed by atoms with Gasteiger partial charge in [0.25, 0.3) is 0 Å². The van der Waals surface area contributed by atoms with E-state index in [2.05, 4.69) is 20.9 Å². The first-order valence-electron chi connectivity index (χ1n) is 5.35. The normalized spacial score (nSPS) is 11.0. The zero-order valence-corrected chi connectivity index (χ0v) is 11.6. The van der Waals surface area contributed by atoms with E-state index in [0.29, 0.717) is 10.8 Å². The third-order valence-corrected chi connectivity index (χ3v) is 3.99. The maximum atomic E-state index is 6.10. The SMILES string of the molecule is Nc1c(-c2ccc(Br)c(Cl)c2)nc2ccccn12. The molecule has 1 aromatic carbocycles. The third kappa shape index (κ3) is 1.78. The molecule has 0 saturated carbocycles. The molecular weight excluding hydrogens is 314 g/mol. The minimum Gasteiger partial charge on any atom is -0.383 e. The summed E-state index contributed by atoms with van der Waals surface area (Å²) in [6.07, 6.45) is 1.89. The molecule has 0 unspecified atom stereocenters. The lowest BCUT2D eigenvalue weighted by Crippen LogP contribution is -1.93. The standard InChI is InChI=1S/C13H9BrClN3/c14-9-5-4-8(7-10(9)15)12-13(16)18-6-2-1-3-11(18)17-12/h1-7H,16H2. The molecule has 0 aliphatic rings. The average molecular weight is 323 g/mol. The van der Waals surface area contributed by atoms with Gasteiger partial charge in [-0.15, -0.1) is 0 Å². The van der Waals surface area contributed by atoms with Crippen molar-refractivity contribution in [1.29, 1.82) is 0 Å². The second-order valence-electron chi connectivity index (χ2n) is 3.90. The molecule has 0 atom stereocenters. The number of halogens is 2. The summed E-state index contributed by atoms with van der Waals surface area (Å²) in [5, 5.41) is 0.643. The quantitative estimate of drug-likeness (QED) is 0.736. The molecule has 0 amide bonds. The van der Waals surface area contributed by atoms with Crippen molar-refractivity contribution in [3.63, 3.8) is 0 Å². The molecule has 0 spiro atoms. The second kappa shape index (κ2) is 4.30. The van der Waals surface area contributed by atoms with Crippen LogP contribution < -0.4 is 5.73 Å². The maximum Gasteiger partial charge on any atom is 0.139 e. The fraction of sp³-hybridized carbons (Fsp3) is 0. The molecule has 3 nitrogen and oxygen atoms in total. The first kappa shape index (κ1) is 11.6. The van der Waals surface area contributed by atoms with Gasteiger partial charge in [-0.2, -0.15) is 0 Å². The molecule has 0 aliphatic heterocycles. The fourth-order valence-corrected chi connectivity index (χ4v) is 2.30. The Hall–Kier alpha value is -1.52. The summed E-state index contributed by atoms with van der Waals surface area (Å²) in [5.74, 6) is 0.615. The largest absolute Gasteiger partial charge is 0.383 e. The van der Waals surface area contributed by atoms with E-state index in [1.165, 1.54) is 0 Å². The van der Waals surface area contributed by atoms with Gasteiger partial charge in [0.1, 0.15) is 17.2 Å². The predicted molar refractivity (Wildman–Crippen MR) is 77.8 cm³/mol. The number of benzene rings is 1. The van der Waals surface area contributed by atoms with Gasteiger partial charge in [0.05, 0.1) is 5.02 Å². The van der Waals surface area contributed by atoms with Gasteiger partial charge in [0, 0.05) is 16.2 Å². The van der Waals surface area contributed by atoms with Crippen molar-refractivity contribution in [2.24, 2.45) is 0 Å². The van der Waals surface area contributed by atoms with Crippen LogP contribution in [-0.4, -0.2) is 9.38 Å². The van der Waals surface area contributed by atoms with E-state index in [1.54, 1.807) is 0 Å². The zero-order chi connectivity index (χ0) is 12.7. The third-order valence-electron chi connectivity index (χ3n) is 2.76. The lowest BCUT2D eigenvalue weighted by molar-refractivity contribution is 1.20. The number of aromatic nitrogens is 2. The van der Waals surface area contributed by atoms with E-state index in [1.807, 2.05) is 47.0 Å². The number of nitrogens with two attached hydrogens (primary N) is 1. The van der Waals surface area contributed by atoms with Crippen molar-refractivity contribution in [2.75, 3.05) is 5.73 Å². The molecule has 2 N–H and O–H groups in total. The predicted octanol–water partition coefficient (Wildman–Crippen LogP) is 4.00. The topological polar surface area (TPSA) is 43.3 Å². The second-order valence-corrected chi connectivity index (χ2v) is 5.16. The van der Waals surface area contributed by atoms with Crippen molar-refractivity contribution in [2.45, 2.75) is 0 Å². The average Bonchev–Trinajstić information content (AvgIpc) is 2.71. The van der Waals surface area contributed by atoms with E-state index in [0.717, 1.165) is 21.4 Å². The van der Waals surface area contributed by atoms with E-state index < -0.39 is 0 Å². The molecule has 3 rings (SSSR count). The Balaban J connectivity index is 2.25. The van der Waals surface area contributed by atoms with Crippen molar-refractivity contribution in [1.82, 2.24) is 9.38 Å². The number of hydrogen-bond donors (Lipinski definition) is 1. The highest BCUT2D eigenvalue weighted by molar-refractivity contribution is 9.10. The number of fused-ring (bicyclic) bond motifs is 1. The molecule has 5 heteroatoms. The van der Waals surface area contributed by atoms with Gasteiger partial charge in [0.15, 0.2) is 0 Å². The monoisotopic (exact) mass is 321 g/mol. The number of hydrogen-bond acceptors (Lipinski definition) is 2. The van der Waals surface area contributed by atoms with Crippen LogP contribution in [0.1, 0.15) is 0 Å². The van der Waals surface area contributed by atoms with Gasteiger partial charge < -0.3 is 5.73 Å². The van der Waals surface area contributed by atoms with Crippen LogP contribution in [0.2, 0.25) is 5.02 Å². The maximum absolute atomic E-state index is 6.10. The van der Waals surface area contributed by atoms with E-state index in [9.17, 15) is 0 Å². The molecule has 0 fully saturated rings. The van der Waals surface area contributed by atoms with Crippen LogP contribution in [0.4, 0.5) is 5.82 Å². The summed E-state index contributed by atoms with van der Waals surface area (Å²) in [4.78, 5) is 4.52. The Morgan fingerprint density at radius 2 is 2.06 bits per heavy atom. The van der Waals surface area contributed by atoms with Gasteiger partial charge in [0.2, 0.25) is 0 Å². The first-order valence-corrected chi connectivity index (χ1v) is 6.52. The highest BCUT2D eigenvalue weighted by atomic mass is 79.9. The summed E-state index contributed by atoms with van der Waals surface area (Å²) in [6, 6.07) is 11.4. The molecule has 0 aliphatic carbocycles. The molecular formula is C13H9BrClN3. The van der Waals surface area contributed by atoms with Crippen molar-refractivity contribution >= 4 is 39.0 Å². The Kier molecular flexibility index (Phi) is 2.76. The number of anilines is 1. The highest BCUT2D eigenvalue weighted by Gasteiger charge is 2.11. The highest BCUT2D eigenvalue weighted by Crippen LogP contribution is 2.31. The van der Waals surface area contributed by atoms with Crippen LogP contribution in [0.3, 0.4) is 0 Å². The van der Waals surface area contributed by atoms with Gasteiger partial charge in [-0.25, -0.2) is 4.98 Å². The number of pyridine rings is 1. The molecule has 0 radical (unpaired) electrons. The molecule has 2 aromatic heterocycles. The molecule has 0 saturated heterocycles. The number of rotatable bonds is 1.